The lowest BCUT2D eigenvalue weighted by molar-refractivity contribution is -0.138. The number of carbonyl (C=O) groups excluding carboxylic acids is 2. The molecule has 226 valence electrons. The molecule has 0 unspecified atom stereocenters. The highest BCUT2D eigenvalue weighted by molar-refractivity contribution is 5.95. The highest BCUT2D eigenvalue weighted by Gasteiger charge is 2.38. The number of methoxy groups -OCH3 is 1. The Balaban J connectivity index is 1.66. The van der Waals surface area contributed by atoms with Crippen molar-refractivity contribution in [1.82, 2.24) is 15.1 Å². The quantitative estimate of drug-likeness (QED) is 0.275. The lowest BCUT2D eigenvalue weighted by Gasteiger charge is -2.34. The summed E-state index contributed by atoms with van der Waals surface area (Å²) in [5.41, 5.74) is 1.65. The zero-order valence-corrected chi connectivity index (χ0v) is 25.5. The highest BCUT2D eigenvalue weighted by atomic mass is 16.5. The summed E-state index contributed by atoms with van der Waals surface area (Å²) in [5, 5.41) is 13.4. The van der Waals surface area contributed by atoms with Crippen molar-refractivity contribution in [3.8, 4) is 5.75 Å². The summed E-state index contributed by atoms with van der Waals surface area (Å²) in [6.07, 6.45) is 6.53. The first-order valence-corrected chi connectivity index (χ1v) is 15.5. The van der Waals surface area contributed by atoms with Gasteiger partial charge in [-0.1, -0.05) is 13.0 Å². The number of aryl methyl sites for hydroxylation is 1. The van der Waals surface area contributed by atoms with E-state index in [2.05, 4.69) is 31.0 Å². The fraction of sp³-hybridized carbons (Fsp3) is 0.750. The van der Waals surface area contributed by atoms with Crippen molar-refractivity contribution in [3.63, 3.8) is 0 Å². The van der Waals surface area contributed by atoms with Crippen molar-refractivity contribution < 1.29 is 24.2 Å². The summed E-state index contributed by atoms with van der Waals surface area (Å²) >= 11 is 0. The first kappa shape index (κ1) is 32.4. The summed E-state index contributed by atoms with van der Waals surface area (Å²) < 4.78 is 11.1. The summed E-state index contributed by atoms with van der Waals surface area (Å²) in [7, 11) is 1.68. The Kier molecular flexibility index (Phi) is 13.2. The third-order valence-corrected chi connectivity index (χ3v) is 8.30. The van der Waals surface area contributed by atoms with E-state index < -0.39 is 0 Å². The van der Waals surface area contributed by atoms with Gasteiger partial charge in [0.05, 0.1) is 12.7 Å². The molecule has 0 spiro atoms. The molecule has 8 heteroatoms. The van der Waals surface area contributed by atoms with Crippen LogP contribution in [0.2, 0.25) is 0 Å². The van der Waals surface area contributed by atoms with Crippen molar-refractivity contribution in [2.75, 3.05) is 46.5 Å². The Labute approximate surface area is 241 Å². The largest absolute Gasteiger partial charge is 0.493 e. The minimum atomic E-state index is -0.258. The summed E-state index contributed by atoms with van der Waals surface area (Å²) in [6.45, 7) is 12.4. The first-order valence-electron chi connectivity index (χ1n) is 15.5. The number of amides is 2. The number of aliphatic hydroxyl groups excluding tert-OH is 1. The van der Waals surface area contributed by atoms with Gasteiger partial charge < -0.3 is 29.7 Å². The molecule has 0 radical (unpaired) electrons. The molecule has 0 saturated heterocycles. The second kappa shape index (κ2) is 16.3. The topological polar surface area (TPSA) is 91.3 Å². The molecule has 2 amide bonds. The maximum absolute atomic E-state index is 13.7. The van der Waals surface area contributed by atoms with Crippen LogP contribution in [0.3, 0.4) is 0 Å². The average molecular weight is 560 g/mol. The van der Waals surface area contributed by atoms with Gasteiger partial charge in [-0.05, 0) is 102 Å². The number of aliphatic hydroxyl groups is 1. The third kappa shape index (κ3) is 9.74. The van der Waals surface area contributed by atoms with E-state index in [-0.39, 0.29) is 35.8 Å². The Morgan fingerprint density at radius 1 is 1.10 bits per heavy atom. The first-order chi connectivity index (χ1) is 19.2. The van der Waals surface area contributed by atoms with Gasteiger partial charge in [0, 0.05) is 56.8 Å². The van der Waals surface area contributed by atoms with Crippen LogP contribution in [-0.2, 0) is 9.53 Å². The SMILES string of the molecule is CCNC[C@H](CCN(C(=O)c1ccc(C)c(OCCCOC)c1)C(C)C)CN(C(=O)C1CCC(O)CC1)C1CC1. The van der Waals surface area contributed by atoms with Crippen molar-refractivity contribution >= 4 is 11.8 Å². The summed E-state index contributed by atoms with van der Waals surface area (Å²) in [5.74, 6) is 1.31. The molecule has 1 aromatic rings. The lowest BCUT2D eigenvalue weighted by Crippen LogP contribution is -2.45. The number of nitrogens with one attached hydrogen (secondary N) is 1. The van der Waals surface area contributed by atoms with Crippen LogP contribution in [0.1, 0.15) is 88.1 Å². The molecule has 0 aliphatic heterocycles. The van der Waals surface area contributed by atoms with Gasteiger partial charge in [0.1, 0.15) is 5.75 Å². The highest BCUT2D eigenvalue weighted by Crippen LogP contribution is 2.33. The van der Waals surface area contributed by atoms with Crippen molar-refractivity contribution in [2.45, 2.75) is 97.2 Å². The minimum absolute atomic E-state index is 0.00910. The van der Waals surface area contributed by atoms with Crippen LogP contribution in [0, 0.1) is 18.8 Å². The maximum Gasteiger partial charge on any atom is 0.254 e. The van der Waals surface area contributed by atoms with Gasteiger partial charge in [0.2, 0.25) is 5.91 Å². The number of rotatable bonds is 17. The molecule has 2 aliphatic carbocycles. The Morgan fingerprint density at radius 3 is 2.45 bits per heavy atom. The smallest absolute Gasteiger partial charge is 0.254 e. The van der Waals surface area contributed by atoms with E-state index >= 15 is 0 Å². The molecule has 2 saturated carbocycles. The number of ether oxygens (including phenoxy) is 2. The number of hydrogen-bond acceptors (Lipinski definition) is 6. The molecule has 0 bridgehead atoms. The monoisotopic (exact) mass is 559 g/mol. The second-order valence-corrected chi connectivity index (χ2v) is 12.0. The van der Waals surface area contributed by atoms with Crippen LogP contribution in [0.4, 0.5) is 0 Å². The molecule has 2 aliphatic rings. The number of carbonyl (C=O) groups is 2. The number of hydrogen-bond donors (Lipinski definition) is 2. The van der Waals surface area contributed by atoms with E-state index in [0.29, 0.717) is 31.4 Å². The fourth-order valence-corrected chi connectivity index (χ4v) is 5.60. The van der Waals surface area contributed by atoms with E-state index in [1.165, 1.54) is 0 Å². The fourth-order valence-electron chi connectivity index (χ4n) is 5.60. The Hall–Kier alpha value is -2.16. The number of benzene rings is 1. The molecular formula is C32H53N3O5. The third-order valence-electron chi connectivity index (χ3n) is 8.30. The predicted molar refractivity (Wildman–Crippen MR) is 159 cm³/mol. The average Bonchev–Trinajstić information content (AvgIpc) is 3.78. The Morgan fingerprint density at radius 2 is 1.82 bits per heavy atom. The zero-order chi connectivity index (χ0) is 29.1. The zero-order valence-electron chi connectivity index (χ0n) is 25.5. The van der Waals surface area contributed by atoms with Gasteiger partial charge in [-0.3, -0.25) is 9.59 Å². The molecule has 3 rings (SSSR count). The predicted octanol–water partition coefficient (Wildman–Crippen LogP) is 4.42. The van der Waals surface area contributed by atoms with E-state index in [9.17, 15) is 14.7 Å². The van der Waals surface area contributed by atoms with Gasteiger partial charge in [0.25, 0.3) is 5.91 Å². The van der Waals surface area contributed by atoms with Crippen molar-refractivity contribution in [1.29, 1.82) is 0 Å². The van der Waals surface area contributed by atoms with Gasteiger partial charge >= 0.3 is 0 Å². The van der Waals surface area contributed by atoms with Gasteiger partial charge in [-0.25, -0.2) is 0 Å². The molecule has 0 heterocycles. The normalized spacial score (nSPS) is 19.9. The van der Waals surface area contributed by atoms with E-state index in [4.69, 9.17) is 9.47 Å². The van der Waals surface area contributed by atoms with Crippen LogP contribution >= 0.6 is 0 Å². The molecular weight excluding hydrogens is 506 g/mol. The van der Waals surface area contributed by atoms with Crippen molar-refractivity contribution in [2.24, 2.45) is 11.8 Å². The molecule has 0 aromatic heterocycles. The van der Waals surface area contributed by atoms with Gasteiger partial charge in [-0.2, -0.15) is 0 Å². The van der Waals surface area contributed by atoms with Crippen LogP contribution < -0.4 is 10.1 Å². The van der Waals surface area contributed by atoms with E-state index in [0.717, 1.165) is 82.3 Å². The van der Waals surface area contributed by atoms with Crippen LogP contribution in [-0.4, -0.2) is 91.4 Å². The maximum atomic E-state index is 13.7. The molecule has 2 N–H and O–H groups in total. The second-order valence-electron chi connectivity index (χ2n) is 12.0. The van der Waals surface area contributed by atoms with E-state index in [1.54, 1.807) is 7.11 Å². The van der Waals surface area contributed by atoms with Gasteiger partial charge in [-0.15, -0.1) is 0 Å². The summed E-state index contributed by atoms with van der Waals surface area (Å²) in [4.78, 5) is 31.3. The molecule has 8 nitrogen and oxygen atoms in total. The molecule has 1 aromatic carbocycles. The molecule has 1 atom stereocenters. The lowest BCUT2D eigenvalue weighted by atomic mass is 9.86. The number of nitrogens with zero attached hydrogens (tertiary/aromatic N) is 2. The van der Waals surface area contributed by atoms with Gasteiger partial charge in [0.15, 0.2) is 0 Å². The summed E-state index contributed by atoms with van der Waals surface area (Å²) in [6, 6.07) is 6.11. The molecule has 2 fully saturated rings. The van der Waals surface area contributed by atoms with Crippen LogP contribution in [0.5, 0.6) is 5.75 Å². The van der Waals surface area contributed by atoms with Crippen molar-refractivity contribution in [3.05, 3.63) is 29.3 Å². The molecule has 40 heavy (non-hydrogen) atoms. The van der Waals surface area contributed by atoms with Crippen LogP contribution in [0.15, 0.2) is 18.2 Å². The van der Waals surface area contributed by atoms with E-state index in [1.807, 2.05) is 30.0 Å². The Bertz CT molecular complexity index is 927. The van der Waals surface area contributed by atoms with Crippen LogP contribution in [0.25, 0.3) is 0 Å². The standard InChI is InChI=1S/C32H53N3O5/c1-6-33-21-25(22-35(28-12-13-28)31(37)26-10-14-29(36)15-11-26)16-17-34(23(2)3)32(38)27-9-8-24(4)30(20-27)40-19-7-18-39-5/h8-9,20,23,25-26,28-29,33,36H,6-7,10-19,21-22H2,1-5H3/t25-,26?,29?/m0/s1. The minimum Gasteiger partial charge on any atom is -0.493 e.